The summed E-state index contributed by atoms with van der Waals surface area (Å²) in [4.78, 5) is 0. The molecule has 17 heavy (non-hydrogen) atoms. The third-order valence-corrected chi connectivity index (χ3v) is 4.72. The number of hydrogen-bond donors (Lipinski definition) is 0. The average molecular weight is 339 g/mol. The lowest BCUT2D eigenvalue weighted by Gasteiger charge is -2.26. The van der Waals surface area contributed by atoms with E-state index in [1.54, 1.807) is 11.7 Å². The normalized spacial score (nSPS) is 13.1. The highest BCUT2D eigenvalue weighted by atomic mass is 35.6. The standard InChI is InChI=1S/C9H12Cl5N3/c1-3-4-5-6-7(15-16-17(6)2)8(10,11)9(12,13)14/h3-5H2,1-2H3. The van der Waals surface area contributed by atoms with E-state index >= 15 is 0 Å². The first-order valence-electron chi connectivity index (χ1n) is 5.05. The topological polar surface area (TPSA) is 30.7 Å². The van der Waals surface area contributed by atoms with Crippen LogP contribution in [0.2, 0.25) is 0 Å². The molecule has 0 atom stereocenters. The Balaban J connectivity index is 3.14. The fourth-order valence-corrected chi connectivity index (χ4v) is 1.94. The second-order valence-electron chi connectivity index (χ2n) is 3.68. The zero-order valence-corrected chi connectivity index (χ0v) is 13.1. The summed E-state index contributed by atoms with van der Waals surface area (Å²) in [6.45, 7) is 2.08. The molecule has 0 bridgehead atoms. The van der Waals surface area contributed by atoms with E-state index < -0.39 is 8.13 Å². The molecule has 8 heteroatoms. The molecule has 98 valence electrons. The lowest BCUT2D eigenvalue weighted by Crippen LogP contribution is -2.30. The highest BCUT2D eigenvalue weighted by Gasteiger charge is 2.50. The smallest absolute Gasteiger partial charge is 0.228 e. The Kier molecular flexibility index (Phi) is 5.25. The van der Waals surface area contributed by atoms with E-state index in [-0.39, 0.29) is 0 Å². The largest absolute Gasteiger partial charge is 0.252 e. The maximum atomic E-state index is 6.09. The van der Waals surface area contributed by atoms with Gasteiger partial charge in [-0.15, -0.1) is 5.10 Å². The van der Waals surface area contributed by atoms with Gasteiger partial charge in [-0.25, -0.2) is 0 Å². The van der Waals surface area contributed by atoms with Gasteiger partial charge in [0.05, 0.1) is 5.69 Å². The van der Waals surface area contributed by atoms with Gasteiger partial charge in [-0.2, -0.15) is 0 Å². The monoisotopic (exact) mass is 337 g/mol. The molecule has 0 radical (unpaired) electrons. The quantitative estimate of drug-likeness (QED) is 0.771. The van der Waals surface area contributed by atoms with Gasteiger partial charge in [-0.1, -0.05) is 76.6 Å². The fourth-order valence-electron chi connectivity index (χ4n) is 1.38. The maximum absolute atomic E-state index is 6.09. The van der Waals surface area contributed by atoms with Crippen molar-refractivity contribution in [2.24, 2.45) is 7.05 Å². The molecule has 0 aliphatic rings. The van der Waals surface area contributed by atoms with E-state index in [2.05, 4.69) is 17.2 Å². The average Bonchev–Trinajstić information content (AvgIpc) is 2.55. The van der Waals surface area contributed by atoms with Crippen LogP contribution < -0.4 is 0 Å². The van der Waals surface area contributed by atoms with Crippen molar-refractivity contribution in [2.45, 2.75) is 34.3 Å². The molecule has 0 amide bonds. The van der Waals surface area contributed by atoms with Gasteiger partial charge in [0, 0.05) is 7.05 Å². The summed E-state index contributed by atoms with van der Waals surface area (Å²) in [5, 5.41) is 7.77. The molecule has 0 saturated heterocycles. The van der Waals surface area contributed by atoms with Crippen molar-refractivity contribution < 1.29 is 0 Å². The van der Waals surface area contributed by atoms with Crippen LogP contribution in [0.25, 0.3) is 0 Å². The van der Waals surface area contributed by atoms with Gasteiger partial charge in [0.15, 0.2) is 0 Å². The SMILES string of the molecule is CCCCc1c(C(Cl)(Cl)C(Cl)(Cl)Cl)nnn1C. The lowest BCUT2D eigenvalue weighted by atomic mass is 10.1. The maximum Gasteiger partial charge on any atom is 0.228 e. The van der Waals surface area contributed by atoms with Crippen molar-refractivity contribution in [1.29, 1.82) is 0 Å². The third-order valence-electron chi connectivity index (χ3n) is 2.36. The number of nitrogens with zero attached hydrogens (tertiary/aromatic N) is 3. The van der Waals surface area contributed by atoms with Crippen molar-refractivity contribution in [3.8, 4) is 0 Å². The molecule has 0 fully saturated rings. The van der Waals surface area contributed by atoms with Gasteiger partial charge in [0.25, 0.3) is 0 Å². The van der Waals surface area contributed by atoms with Gasteiger partial charge < -0.3 is 0 Å². The number of alkyl halides is 5. The predicted molar refractivity (Wildman–Crippen MR) is 73.3 cm³/mol. The highest BCUT2D eigenvalue weighted by Crippen LogP contribution is 2.52. The predicted octanol–water partition coefficient (Wildman–Crippen LogP) is 4.16. The third kappa shape index (κ3) is 3.32. The number of rotatable bonds is 4. The van der Waals surface area contributed by atoms with Crippen molar-refractivity contribution in [1.82, 2.24) is 15.0 Å². The summed E-state index contributed by atoms with van der Waals surface area (Å²) in [5.41, 5.74) is 1.08. The zero-order chi connectivity index (χ0) is 13.3. The molecular weight excluding hydrogens is 327 g/mol. The Morgan fingerprint density at radius 2 is 1.76 bits per heavy atom. The number of aryl methyl sites for hydroxylation is 1. The molecule has 0 saturated carbocycles. The molecular formula is C9H12Cl5N3. The van der Waals surface area contributed by atoms with Crippen molar-refractivity contribution in [3.05, 3.63) is 11.4 Å². The van der Waals surface area contributed by atoms with Gasteiger partial charge in [-0.3, -0.25) is 4.68 Å². The summed E-state index contributed by atoms with van der Waals surface area (Å²) >= 11 is 29.5. The molecule has 1 aromatic rings. The van der Waals surface area contributed by atoms with Gasteiger partial charge in [0.1, 0.15) is 5.69 Å². The summed E-state index contributed by atoms with van der Waals surface area (Å²) < 4.78 is -1.98. The minimum absolute atomic E-state index is 0.303. The Morgan fingerprint density at radius 1 is 1.18 bits per heavy atom. The molecule has 1 heterocycles. The molecule has 0 aliphatic carbocycles. The van der Waals surface area contributed by atoms with E-state index in [1.165, 1.54) is 0 Å². The van der Waals surface area contributed by atoms with E-state index in [0.717, 1.165) is 25.0 Å². The molecule has 0 spiro atoms. The van der Waals surface area contributed by atoms with Crippen LogP contribution >= 0.6 is 58.0 Å². The van der Waals surface area contributed by atoms with Crippen LogP contribution in [0, 0.1) is 0 Å². The van der Waals surface area contributed by atoms with E-state index in [1.807, 2.05) is 0 Å². The van der Waals surface area contributed by atoms with Gasteiger partial charge >= 0.3 is 0 Å². The molecule has 0 aliphatic heterocycles. The summed E-state index contributed by atoms with van der Waals surface area (Å²) in [6, 6.07) is 0. The fraction of sp³-hybridized carbons (Fsp3) is 0.778. The van der Waals surface area contributed by atoms with E-state index in [4.69, 9.17) is 58.0 Å². The minimum atomic E-state index is -1.87. The van der Waals surface area contributed by atoms with Crippen LogP contribution in [0.15, 0.2) is 0 Å². The first kappa shape index (κ1) is 15.6. The molecule has 1 rings (SSSR count). The van der Waals surface area contributed by atoms with Crippen LogP contribution in [0.1, 0.15) is 31.2 Å². The molecule has 3 nitrogen and oxygen atoms in total. The molecule has 1 aromatic heterocycles. The van der Waals surface area contributed by atoms with Crippen molar-refractivity contribution in [2.75, 3.05) is 0 Å². The van der Waals surface area contributed by atoms with Crippen LogP contribution in [0.5, 0.6) is 0 Å². The summed E-state index contributed by atoms with van der Waals surface area (Å²) in [7, 11) is 1.75. The van der Waals surface area contributed by atoms with Crippen LogP contribution in [-0.4, -0.2) is 18.8 Å². The lowest BCUT2D eigenvalue weighted by molar-refractivity contribution is 0.654. The zero-order valence-electron chi connectivity index (χ0n) is 9.35. The Bertz CT molecular complexity index is 382. The minimum Gasteiger partial charge on any atom is -0.252 e. The first-order valence-corrected chi connectivity index (χ1v) is 6.94. The highest BCUT2D eigenvalue weighted by molar-refractivity contribution is 6.75. The van der Waals surface area contributed by atoms with Crippen molar-refractivity contribution >= 4 is 58.0 Å². The molecule has 0 unspecified atom stereocenters. The van der Waals surface area contributed by atoms with Gasteiger partial charge in [-0.05, 0) is 12.8 Å². The Hall–Kier alpha value is 0.590. The number of halogens is 5. The molecule has 0 N–H and O–H groups in total. The summed E-state index contributed by atoms with van der Waals surface area (Å²) in [6.07, 6.45) is 2.71. The second kappa shape index (κ2) is 5.70. The van der Waals surface area contributed by atoms with Crippen molar-refractivity contribution in [3.63, 3.8) is 0 Å². The van der Waals surface area contributed by atoms with E-state index in [9.17, 15) is 0 Å². The van der Waals surface area contributed by atoms with E-state index in [0.29, 0.717) is 5.69 Å². The second-order valence-corrected chi connectivity index (χ2v) is 7.29. The number of hydrogen-bond acceptors (Lipinski definition) is 2. The Morgan fingerprint density at radius 3 is 2.24 bits per heavy atom. The van der Waals surface area contributed by atoms with Crippen LogP contribution in [0.4, 0.5) is 0 Å². The van der Waals surface area contributed by atoms with Crippen LogP contribution in [0.3, 0.4) is 0 Å². The number of aromatic nitrogens is 3. The first-order chi connectivity index (χ1) is 7.71. The van der Waals surface area contributed by atoms with Crippen LogP contribution in [-0.2, 0) is 17.8 Å². The summed E-state index contributed by atoms with van der Waals surface area (Å²) in [5.74, 6) is 0. The Labute approximate surface area is 125 Å². The van der Waals surface area contributed by atoms with Gasteiger partial charge in [0.2, 0.25) is 8.13 Å². The molecule has 0 aromatic carbocycles. The number of unbranched alkanes of at least 4 members (excludes halogenated alkanes) is 1.